The molecule has 0 bridgehead atoms. The number of rotatable bonds is 6. The van der Waals surface area contributed by atoms with Crippen LogP contribution in [0.3, 0.4) is 0 Å². The first-order valence-electron chi connectivity index (χ1n) is 9.16. The largest absolute Gasteiger partial charge is 0.325 e. The second-order valence-electron chi connectivity index (χ2n) is 6.61. The van der Waals surface area contributed by atoms with Gasteiger partial charge in [0.25, 0.3) is 0 Å². The minimum atomic E-state index is -0.0658. The summed E-state index contributed by atoms with van der Waals surface area (Å²) in [6, 6.07) is 20.0. The van der Waals surface area contributed by atoms with Crippen LogP contribution in [0.1, 0.15) is 11.1 Å². The molecule has 1 N–H and O–H groups in total. The van der Waals surface area contributed by atoms with Gasteiger partial charge in [-0.3, -0.25) is 9.36 Å². The number of thiophene rings is 1. The number of thioether (sulfide) groups is 1. The Morgan fingerprint density at radius 2 is 1.90 bits per heavy atom. The molecule has 29 heavy (non-hydrogen) atoms. The maximum atomic E-state index is 12.5. The van der Waals surface area contributed by atoms with Crippen LogP contribution in [0.2, 0.25) is 0 Å². The molecule has 2 aromatic carbocycles. The summed E-state index contributed by atoms with van der Waals surface area (Å²) in [6.07, 6.45) is 0. The second kappa shape index (κ2) is 8.63. The monoisotopic (exact) mass is 420 g/mol. The summed E-state index contributed by atoms with van der Waals surface area (Å²) >= 11 is 2.99. The molecule has 4 rings (SSSR count). The third-order valence-corrected chi connectivity index (χ3v) is 6.18. The van der Waals surface area contributed by atoms with E-state index < -0.39 is 0 Å². The summed E-state index contributed by atoms with van der Waals surface area (Å²) in [7, 11) is 0. The van der Waals surface area contributed by atoms with Crippen molar-refractivity contribution in [1.82, 2.24) is 14.8 Å². The molecule has 0 atom stereocenters. The Labute approximate surface area is 177 Å². The van der Waals surface area contributed by atoms with Crippen molar-refractivity contribution >= 4 is 34.7 Å². The topological polar surface area (TPSA) is 59.8 Å². The van der Waals surface area contributed by atoms with Crippen LogP contribution in [0.5, 0.6) is 0 Å². The number of nitrogens with one attached hydrogen (secondary N) is 1. The van der Waals surface area contributed by atoms with Crippen molar-refractivity contribution in [2.24, 2.45) is 0 Å². The maximum Gasteiger partial charge on any atom is 0.234 e. The van der Waals surface area contributed by atoms with Crippen molar-refractivity contribution in [2.75, 3.05) is 11.1 Å². The van der Waals surface area contributed by atoms with E-state index in [0.717, 1.165) is 33.2 Å². The zero-order valence-corrected chi connectivity index (χ0v) is 17.8. The summed E-state index contributed by atoms with van der Waals surface area (Å²) in [6.45, 7) is 4.00. The first-order valence-corrected chi connectivity index (χ1v) is 11.0. The summed E-state index contributed by atoms with van der Waals surface area (Å²) in [4.78, 5) is 13.6. The molecule has 0 unspecified atom stereocenters. The molecule has 2 aromatic heterocycles. The Balaban J connectivity index is 1.56. The molecular weight excluding hydrogens is 400 g/mol. The number of para-hydroxylation sites is 1. The molecule has 0 aliphatic heterocycles. The number of carbonyl (C=O) groups excluding carboxylic acids is 1. The van der Waals surface area contributed by atoms with E-state index in [1.165, 1.54) is 11.8 Å². The van der Waals surface area contributed by atoms with Crippen LogP contribution in [0.4, 0.5) is 5.69 Å². The van der Waals surface area contributed by atoms with Crippen LogP contribution in [0.25, 0.3) is 16.4 Å². The standard InChI is InChI=1S/C22H20N4OS2/c1-15-10-11-16(2)18(13-15)23-20(27)14-29-22-25-24-21(19-9-6-12-28-19)26(22)17-7-4-3-5-8-17/h3-13H,14H2,1-2H3,(H,23,27). The zero-order valence-electron chi connectivity index (χ0n) is 16.1. The van der Waals surface area contributed by atoms with Gasteiger partial charge in [0.2, 0.25) is 5.91 Å². The first-order chi connectivity index (χ1) is 14.1. The highest BCUT2D eigenvalue weighted by Crippen LogP contribution is 2.30. The molecule has 5 nitrogen and oxygen atoms in total. The average molecular weight is 421 g/mol. The van der Waals surface area contributed by atoms with Crippen LogP contribution in [-0.4, -0.2) is 26.4 Å². The fraction of sp³-hybridized carbons (Fsp3) is 0.136. The van der Waals surface area contributed by atoms with Gasteiger partial charge in [-0.25, -0.2) is 0 Å². The van der Waals surface area contributed by atoms with Crippen molar-refractivity contribution in [1.29, 1.82) is 0 Å². The lowest BCUT2D eigenvalue weighted by Crippen LogP contribution is -2.15. The Bertz CT molecular complexity index is 1120. The van der Waals surface area contributed by atoms with E-state index in [2.05, 4.69) is 15.5 Å². The highest BCUT2D eigenvalue weighted by atomic mass is 32.2. The average Bonchev–Trinajstić information content (AvgIpc) is 3.39. The lowest BCUT2D eigenvalue weighted by atomic mass is 10.1. The van der Waals surface area contributed by atoms with Crippen molar-refractivity contribution in [3.8, 4) is 16.4 Å². The van der Waals surface area contributed by atoms with Crippen LogP contribution < -0.4 is 5.32 Å². The molecule has 7 heteroatoms. The number of anilines is 1. The smallest absolute Gasteiger partial charge is 0.234 e. The quantitative estimate of drug-likeness (QED) is 0.428. The molecule has 1 amide bonds. The third kappa shape index (κ3) is 4.41. The number of hydrogen-bond donors (Lipinski definition) is 1. The molecule has 0 radical (unpaired) electrons. The van der Waals surface area contributed by atoms with Crippen LogP contribution in [-0.2, 0) is 4.79 Å². The number of aryl methyl sites for hydroxylation is 2. The molecule has 4 aromatic rings. The predicted octanol–water partition coefficient (Wildman–Crippen LogP) is 5.34. The van der Waals surface area contributed by atoms with Gasteiger partial charge >= 0.3 is 0 Å². The van der Waals surface area contributed by atoms with Gasteiger partial charge in [0.05, 0.1) is 10.6 Å². The summed E-state index contributed by atoms with van der Waals surface area (Å²) in [5, 5.41) is 14.5. The summed E-state index contributed by atoms with van der Waals surface area (Å²) in [5.74, 6) is 0.968. The molecular formula is C22H20N4OS2. The van der Waals surface area contributed by atoms with Gasteiger partial charge in [-0.1, -0.05) is 48.2 Å². The van der Waals surface area contributed by atoms with E-state index in [-0.39, 0.29) is 11.7 Å². The van der Waals surface area contributed by atoms with Crippen molar-refractivity contribution in [2.45, 2.75) is 19.0 Å². The molecule has 0 aliphatic rings. The summed E-state index contributed by atoms with van der Waals surface area (Å²) < 4.78 is 2.00. The lowest BCUT2D eigenvalue weighted by Gasteiger charge is -2.11. The number of nitrogens with zero attached hydrogens (tertiary/aromatic N) is 3. The third-order valence-electron chi connectivity index (χ3n) is 4.39. The Morgan fingerprint density at radius 1 is 1.07 bits per heavy atom. The van der Waals surface area contributed by atoms with Gasteiger partial charge in [-0.15, -0.1) is 21.5 Å². The van der Waals surface area contributed by atoms with E-state index in [0.29, 0.717) is 5.16 Å². The molecule has 0 aliphatic carbocycles. The molecule has 0 saturated carbocycles. The van der Waals surface area contributed by atoms with Crippen molar-refractivity contribution < 1.29 is 4.79 Å². The highest BCUT2D eigenvalue weighted by molar-refractivity contribution is 7.99. The number of hydrogen-bond acceptors (Lipinski definition) is 5. The van der Waals surface area contributed by atoms with Gasteiger partial charge in [-0.05, 0) is 54.6 Å². The van der Waals surface area contributed by atoms with Gasteiger partial charge in [-0.2, -0.15) is 0 Å². The Hall–Kier alpha value is -2.90. The predicted molar refractivity (Wildman–Crippen MR) is 120 cm³/mol. The van der Waals surface area contributed by atoms with Gasteiger partial charge in [0.1, 0.15) is 0 Å². The second-order valence-corrected chi connectivity index (χ2v) is 8.50. The van der Waals surface area contributed by atoms with Crippen LogP contribution in [0, 0.1) is 13.8 Å². The minimum Gasteiger partial charge on any atom is -0.325 e. The Morgan fingerprint density at radius 3 is 2.66 bits per heavy atom. The summed E-state index contributed by atoms with van der Waals surface area (Å²) in [5.41, 5.74) is 3.97. The van der Waals surface area contributed by atoms with Gasteiger partial charge in [0, 0.05) is 11.4 Å². The fourth-order valence-electron chi connectivity index (χ4n) is 2.93. The fourth-order valence-corrected chi connectivity index (χ4v) is 4.38. The Kier molecular flexibility index (Phi) is 5.78. The van der Waals surface area contributed by atoms with Crippen LogP contribution >= 0.6 is 23.1 Å². The van der Waals surface area contributed by atoms with E-state index in [1.807, 2.05) is 84.5 Å². The number of carbonyl (C=O) groups is 1. The number of aromatic nitrogens is 3. The molecule has 0 fully saturated rings. The van der Waals surface area contributed by atoms with E-state index in [1.54, 1.807) is 11.3 Å². The van der Waals surface area contributed by atoms with Gasteiger partial charge in [0.15, 0.2) is 11.0 Å². The lowest BCUT2D eigenvalue weighted by molar-refractivity contribution is -0.113. The maximum absolute atomic E-state index is 12.5. The highest BCUT2D eigenvalue weighted by Gasteiger charge is 2.18. The minimum absolute atomic E-state index is 0.0658. The van der Waals surface area contributed by atoms with Gasteiger partial charge < -0.3 is 5.32 Å². The van der Waals surface area contributed by atoms with Crippen molar-refractivity contribution in [3.63, 3.8) is 0 Å². The molecule has 0 spiro atoms. The van der Waals surface area contributed by atoms with Crippen LogP contribution in [0.15, 0.2) is 71.2 Å². The number of amides is 1. The van der Waals surface area contributed by atoms with E-state index in [4.69, 9.17) is 0 Å². The zero-order chi connectivity index (χ0) is 20.2. The number of benzene rings is 2. The molecule has 146 valence electrons. The molecule has 0 saturated heterocycles. The van der Waals surface area contributed by atoms with Crippen molar-refractivity contribution in [3.05, 3.63) is 77.2 Å². The first kappa shape index (κ1) is 19.4. The van der Waals surface area contributed by atoms with E-state index >= 15 is 0 Å². The molecule has 2 heterocycles. The SMILES string of the molecule is Cc1ccc(C)c(NC(=O)CSc2nnc(-c3cccs3)n2-c2ccccc2)c1. The van der Waals surface area contributed by atoms with E-state index in [9.17, 15) is 4.79 Å². The normalized spacial score (nSPS) is 10.8.